The van der Waals surface area contributed by atoms with Crippen LogP contribution in [0.2, 0.25) is 0 Å². The highest BCUT2D eigenvalue weighted by Crippen LogP contribution is 2.82. The van der Waals surface area contributed by atoms with Gasteiger partial charge in [0.2, 0.25) is 11.8 Å². The van der Waals surface area contributed by atoms with Crippen LogP contribution in [0.5, 0.6) is 0 Å². The molecule has 748 valence electrons. The minimum Gasteiger partial charge on any atom is -0.481 e. The first-order valence-corrected chi connectivity index (χ1v) is 54.8. The number of nitrogens with one attached hydrogen (secondary N) is 4. The molecule has 0 radical (unpaired) electrons. The van der Waals surface area contributed by atoms with Crippen molar-refractivity contribution in [1.82, 2.24) is 25.9 Å². The number of nitrogens with zero attached hydrogens (tertiary/aromatic N) is 1. The van der Waals surface area contributed by atoms with Crippen LogP contribution in [0, 0.1) is 170 Å². The number of carboxylic acids is 2. The van der Waals surface area contributed by atoms with Crippen LogP contribution >= 0.6 is 23.2 Å². The molecular weight excluding hydrogens is 1720 g/mol. The molecule has 15 aliphatic rings. The van der Waals surface area contributed by atoms with Gasteiger partial charge in [0.15, 0.2) is 0 Å². The van der Waals surface area contributed by atoms with Gasteiger partial charge in [0.1, 0.15) is 5.82 Å². The first-order chi connectivity index (χ1) is 63.4. The van der Waals surface area contributed by atoms with Gasteiger partial charge in [-0.1, -0.05) is 196 Å². The van der Waals surface area contributed by atoms with E-state index in [9.17, 15) is 44.7 Å². The van der Waals surface area contributed by atoms with Crippen LogP contribution in [0.25, 0.3) is 11.0 Å². The molecule has 12 unspecified atom stereocenters. The van der Waals surface area contributed by atoms with Crippen LogP contribution in [0.3, 0.4) is 0 Å². The van der Waals surface area contributed by atoms with Crippen molar-refractivity contribution < 1.29 is 44.7 Å². The Morgan fingerprint density at radius 3 is 1.11 bits per heavy atom. The summed E-state index contributed by atoms with van der Waals surface area (Å²) in [6.07, 6.45) is 33.7. The van der Waals surface area contributed by atoms with E-state index in [0.29, 0.717) is 121 Å². The van der Waals surface area contributed by atoms with E-state index in [1.807, 2.05) is 13.0 Å². The number of aliphatic carboxylic acids is 1. The Balaban J connectivity index is 0.000000155. The largest absolute Gasteiger partial charge is 0.481 e. The van der Waals surface area contributed by atoms with Gasteiger partial charge in [-0.3, -0.25) is 14.4 Å². The first-order valence-electron chi connectivity index (χ1n) is 53.5. The SMILES string of the molecule is C=C(C)[C@@H]1CC[C@]2(C(=O)NCc3cccc(CN)c3)CC[C@]3(C)C(CCC4[C@@]5(C)CC[C@H](O)C(C)(C)C5CC[C@]43C)C12.C=C(C)[C@@H]1CC[C@]2(C(=O)NCc3cccc(CNCc4nc5ccc(C(=O)O)cc5[nH]4)c3)CC[C@]3(C)C(CCC4[C@@]5(C)CC[C@H](O)C(C)(C)C5CC[C@]43C)C12.C=C(C)[C@@H]1CC[C@]2(C(=O)O)CC[C@]3(C)C(CCC4[C@@]5(C)CC[C@H](O)C(C)(C)C5CC[C@]43C)C12.CCCl.CCl. The summed E-state index contributed by atoms with van der Waals surface area (Å²) in [5.41, 5.74) is 16.6. The highest BCUT2D eigenvalue weighted by molar-refractivity contribution is 6.17. The number of rotatable bonds is 16. The summed E-state index contributed by atoms with van der Waals surface area (Å²) >= 11 is 9.64. The molecule has 4 aromatic rings. The molecular formula is C118H178Cl2N6O9. The third-order valence-electron chi connectivity index (χ3n) is 46.0. The zero-order chi connectivity index (χ0) is 98.3. The highest BCUT2D eigenvalue weighted by atomic mass is 35.5. The number of benzene rings is 3. The van der Waals surface area contributed by atoms with Crippen LogP contribution < -0.4 is 21.7 Å². The summed E-state index contributed by atoms with van der Waals surface area (Å²) in [6.45, 7) is 62.1. The van der Waals surface area contributed by atoms with Gasteiger partial charge in [-0.25, -0.2) is 9.78 Å². The predicted molar refractivity (Wildman–Crippen MR) is 549 cm³/mol. The lowest BCUT2D eigenvalue weighted by atomic mass is 9.32. The summed E-state index contributed by atoms with van der Waals surface area (Å²) in [6, 6.07) is 21.7. The molecule has 1 heterocycles. The molecule has 15 aliphatic carbocycles. The number of amides is 2. The Morgan fingerprint density at radius 2 is 0.756 bits per heavy atom. The van der Waals surface area contributed by atoms with E-state index in [-0.39, 0.29) is 117 Å². The number of carbonyl (C=O) groups is 4. The lowest BCUT2D eigenvalue weighted by Crippen LogP contribution is -2.67. The van der Waals surface area contributed by atoms with Crippen LogP contribution in [0.15, 0.2) is 103 Å². The van der Waals surface area contributed by atoms with E-state index in [0.717, 1.165) is 155 Å². The van der Waals surface area contributed by atoms with Crippen molar-refractivity contribution in [2.24, 2.45) is 176 Å². The fraction of sp³-hybridized carbons (Fsp3) is 0.754. The lowest BCUT2D eigenvalue weighted by molar-refractivity contribution is -0.248. The third-order valence-corrected chi connectivity index (χ3v) is 46.0. The van der Waals surface area contributed by atoms with Crippen LogP contribution in [-0.2, 0) is 47.1 Å². The molecule has 17 heteroatoms. The number of aromatic amines is 1. The molecule has 15 nitrogen and oxygen atoms in total. The highest BCUT2D eigenvalue weighted by Gasteiger charge is 2.77. The minimum absolute atomic E-state index is 0.0202. The number of allylic oxidation sites excluding steroid dienone is 3. The van der Waals surface area contributed by atoms with E-state index in [1.54, 1.807) is 18.2 Å². The number of fused-ring (bicyclic) bond motifs is 22. The number of hydrogen-bond acceptors (Lipinski definition) is 10. The Hall–Kier alpha value is -5.39. The van der Waals surface area contributed by atoms with Gasteiger partial charge in [0.05, 0.1) is 57.7 Å². The topological polar surface area (TPSA) is 260 Å². The zero-order valence-corrected chi connectivity index (χ0v) is 88.5. The van der Waals surface area contributed by atoms with Gasteiger partial charge in [-0.2, -0.15) is 0 Å². The number of carboxylic acid groups (broad SMARTS) is 2. The number of nitrogens with two attached hydrogens (primary N) is 1. The van der Waals surface area contributed by atoms with Crippen LogP contribution in [-0.4, -0.2) is 89.8 Å². The molecule has 2 amide bonds. The number of alkyl halides is 2. The van der Waals surface area contributed by atoms with Gasteiger partial charge < -0.3 is 52.2 Å². The van der Waals surface area contributed by atoms with E-state index in [4.69, 9.17) is 17.3 Å². The van der Waals surface area contributed by atoms with E-state index in [1.165, 1.54) is 100 Å². The zero-order valence-electron chi connectivity index (χ0n) is 87.0. The van der Waals surface area contributed by atoms with Crippen molar-refractivity contribution in [2.45, 2.75) is 375 Å². The maximum atomic E-state index is 14.8. The maximum Gasteiger partial charge on any atom is 0.335 e. The van der Waals surface area contributed by atoms with Crippen molar-refractivity contribution in [2.75, 3.05) is 12.3 Å². The molecule has 3 aromatic carbocycles. The van der Waals surface area contributed by atoms with Crippen molar-refractivity contribution in [1.29, 1.82) is 0 Å². The van der Waals surface area contributed by atoms with Crippen molar-refractivity contribution in [3.8, 4) is 0 Å². The fourth-order valence-electron chi connectivity index (χ4n) is 38.6. The number of H-pyrrole nitrogens is 1. The van der Waals surface area contributed by atoms with Crippen molar-refractivity contribution in [3.63, 3.8) is 0 Å². The molecule has 11 N–H and O–H groups in total. The Morgan fingerprint density at radius 1 is 0.415 bits per heavy atom. The third kappa shape index (κ3) is 16.4. The number of aromatic carboxylic acids is 1. The molecule has 0 aliphatic heterocycles. The summed E-state index contributed by atoms with van der Waals surface area (Å²) < 4.78 is 0. The Bertz CT molecular complexity index is 5080. The molecule has 15 fully saturated rings. The van der Waals surface area contributed by atoms with E-state index in [2.05, 4.69) is 224 Å². The molecule has 30 atom stereocenters. The van der Waals surface area contributed by atoms with Crippen LogP contribution in [0.1, 0.15) is 363 Å². The number of imidazole rings is 1. The number of hydrogen-bond donors (Lipinski definition) is 10. The summed E-state index contributed by atoms with van der Waals surface area (Å²) in [5, 5.41) is 63.3. The number of halogens is 2. The number of aliphatic hydroxyl groups excluding tert-OH is 3. The van der Waals surface area contributed by atoms with Crippen molar-refractivity contribution >= 4 is 58.0 Å². The standard InChI is InChI=1S/C47H64N4O4.C38H58N2O2.C30H48O3.C2H5Cl.CH3Cl/c1-28(2)32-15-20-47(22-21-45(6)33(40(32)47)12-14-37-44(5)18-17-38(52)43(3,4)36(44)16-19-46(37,45)7)42(55)49-26-30-10-8-9-29(23-30)25-48-27-39-50-34-13-11-31(41(53)54)24-35(34)51-39;1-24(2)27-13-18-38(33(42)40-23-26-10-8-9-25(21-26)22-39)20-19-36(6)28(32(27)38)11-12-30-35(5)16-15-31(41)34(3,4)29(35)14-17-37(30,36)7;1-18(2)19-10-15-30(25(32)33)17-16-28(6)20(24(19)30)8-9-22-27(5)13-12-23(31)26(3,4)21(27)11-14-29(22,28)7;1-2-3;1-2/h8-11,13,23-24,32-33,36-38,40,48,52H,1,12,14-22,25-27H2,2-7H3,(H,49,55)(H,50,51)(H,53,54);8-10,21,27-32,41H,1,11-20,22-23,39H2,2-7H3,(H,40,42);19-24,31H,1,8-17H2,2-7H3,(H,32,33);2H2,1H3;1H3/t32-,33?,36?,37?,38-,40?,44-,45+,46+,47-;27-,28?,29?,30?,31-,32?,35-,36+,37+,38-;19-,20?,21?,22?,23-,24?,27-,28+,29+,30-;;/m000../s1. The lowest BCUT2D eigenvalue weighted by Gasteiger charge is -2.72. The molecule has 0 bridgehead atoms. The quantitative estimate of drug-likeness (QED) is 0.0371. The summed E-state index contributed by atoms with van der Waals surface area (Å²) in [5.74, 6) is 7.83. The molecule has 135 heavy (non-hydrogen) atoms. The number of aromatic nitrogens is 2. The Labute approximate surface area is 823 Å². The average Bonchev–Trinajstić information content (AvgIpc) is 1.65. The summed E-state index contributed by atoms with van der Waals surface area (Å²) in [7, 11) is 0. The summed E-state index contributed by atoms with van der Waals surface area (Å²) in [4.78, 5) is 61.1. The second-order valence-electron chi connectivity index (χ2n) is 51.8. The molecule has 19 rings (SSSR count). The first kappa shape index (κ1) is 104. The Kier molecular flexibility index (Phi) is 29.0. The van der Waals surface area contributed by atoms with Crippen LogP contribution in [0.4, 0.5) is 0 Å². The second kappa shape index (κ2) is 37.7. The predicted octanol–water partition coefficient (Wildman–Crippen LogP) is 26.2. The second-order valence-corrected chi connectivity index (χ2v) is 52.3. The van der Waals surface area contributed by atoms with E-state index >= 15 is 0 Å². The normalized spacial score (nSPS) is 43.2. The smallest absolute Gasteiger partial charge is 0.335 e. The minimum atomic E-state index is -0.956. The van der Waals surface area contributed by atoms with Gasteiger partial charge >= 0.3 is 11.9 Å². The van der Waals surface area contributed by atoms with Crippen molar-refractivity contribution in [3.05, 3.63) is 137 Å². The molecule has 0 saturated heterocycles. The maximum absolute atomic E-state index is 14.8. The van der Waals surface area contributed by atoms with Gasteiger partial charge in [-0.05, 0) is 408 Å². The fourth-order valence-corrected chi connectivity index (χ4v) is 38.6. The van der Waals surface area contributed by atoms with Gasteiger partial charge in [0.25, 0.3) is 0 Å². The van der Waals surface area contributed by atoms with E-state index < -0.39 is 17.4 Å². The number of carbonyl (C=O) groups excluding carboxylic acids is 2. The number of aliphatic hydroxyl groups is 3. The van der Waals surface area contributed by atoms with Gasteiger partial charge in [-0.15, -0.1) is 23.2 Å². The molecule has 0 spiro atoms. The van der Waals surface area contributed by atoms with Gasteiger partial charge in [0, 0.05) is 38.4 Å². The average molecular weight is 1900 g/mol. The molecule has 15 saturated carbocycles. The monoisotopic (exact) mass is 1890 g/mol. The molecule has 1 aromatic heterocycles.